The van der Waals surface area contributed by atoms with Gasteiger partial charge in [0.05, 0.1) is 11.8 Å². The van der Waals surface area contributed by atoms with Crippen LogP contribution in [0.15, 0.2) is 109 Å². The van der Waals surface area contributed by atoms with Gasteiger partial charge in [0.2, 0.25) is 13.6 Å². The highest BCUT2D eigenvalue weighted by molar-refractivity contribution is 6.13. The number of esters is 4. The Labute approximate surface area is 305 Å². The number of hydrogen-bond donors (Lipinski definition) is 1. The van der Waals surface area contributed by atoms with E-state index in [2.05, 4.69) is 24.3 Å². The topological polar surface area (TPSA) is 129 Å². The zero-order valence-corrected chi connectivity index (χ0v) is 29.1. The maximum absolute atomic E-state index is 14.2. The van der Waals surface area contributed by atoms with Crippen molar-refractivity contribution in [3.63, 3.8) is 0 Å². The van der Waals surface area contributed by atoms with Gasteiger partial charge in [-0.3, -0.25) is 19.2 Å². The summed E-state index contributed by atoms with van der Waals surface area (Å²) in [7, 11) is 0. The van der Waals surface area contributed by atoms with Crippen LogP contribution in [0.1, 0.15) is 42.5 Å². The lowest BCUT2D eigenvalue weighted by molar-refractivity contribution is -0.194. The van der Waals surface area contributed by atoms with Crippen molar-refractivity contribution < 1.29 is 43.3 Å². The molecule has 1 saturated heterocycles. The van der Waals surface area contributed by atoms with Crippen molar-refractivity contribution in [2.45, 2.75) is 31.3 Å². The van der Waals surface area contributed by atoms with Crippen molar-refractivity contribution in [1.29, 1.82) is 0 Å². The first-order chi connectivity index (χ1) is 25.7. The minimum absolute atomic E-state index is 0.388. The number of ether oxygens (including phenoxy) is 4. The maximum atomic E-state index is 14.2. The molecule has 2 aliphatic heterocycles. The van der Waals surface area contributed by atoms with Crippen LogP contribution in [0.5, 0.6) is 0 Å². The summed E-state index contributed by atoms with van der Waals surface area (Å²) in [5, 5.41) is 19.1. The van der Waals surface area contributed by atoms with Gasteiger partial charge in [-0.25, -0.2) is 0 Å². The first-order valence-corrected chi connectivity index (χ1v) is 17.9. The summed E-state index contributed by atoms with van der Waals surface area (Å²) < 4.78 is 21.1. The summed E-state index contributed by atoms with van der Waals surface area (Å²) in [6.07, 6.45) is 0.469. The van der Waals surface area contributed by atoms with Crippen LogP contribution < -0.4 is 0 Å². The molecule has 53 heavy (non-hydrogen) atoms. The Morgan fingerprint density at radius 2 is 0.925 bits per heavy atom. The number of fused-ring (bicyclic) bond motifs is 17. The lowest BCUT2D eigenvalue weighted by Gasteiger charge is -2.48. The first-order valence-electron chi connectivity index (χ1n) is 17.9. The maximum Gasteiger partial charge on any atom is 0.312 e. The predicted octanol–water partition coefficient (Wildman–Crippen LogP) is 6.44. The van der Waals surface area contributed by atoms with E-state index in [4.69, 9.17) is 18.9 Å². The number of benzene rings is 5. The van der Waals surface area contributed by atoms with E-state index in [1.165, 1.54) is 13.8 Å². The molecule has 2 heterocycles. The molecule has 9 rings (SSSR count). The fourth-order valence-electron chi connectivity index (χ4n) is 11.1. The second-order valence-electron chi connectivity index (χ2n) is 14.5. The van der Waals surface area contributed by atoms with E-state index in [-0.39, 0.29) is 11.8 Å². The van der Waals surface area contributed by atoms with Crippen molar-refractivity contribution >= 4 is 45.4 Å². The second kappa shape index (κ2) is 12.2. The first kappa shape index (κ1) is 33.3. The molecular formula is C43H37NO9. The van der Waals surface area contributed by atoms with E-state index < -0.39 is 72.2 Å². The molecule has 4 bridgehead atoms. The molecule has 5 aromatic carbocycles. The number of carbonyl (C=O) groups is 4. The van der Waals surface area contributed by atoms with Crippen LogP contribution in [0, 0.1) is 35.5 Å². The van der Waals surface area contributed by atoms with E-state index in [1.807, 2.05) is 84.9 Å². The van der Waals surface area contributed by atoms with Crippen molar-refractivity contribution in [1.82, 2.24) is 5.06 Å². The van der Waals surface area contributed by atoms with Crippen molar-refractivity contribution in [3.05, 3.63) is 131 Å². The Morgan fingerprint density at radius 1 is 0.566 bits per heavy atom. The van der Waals surface area contributed by atoms with Gasteiger partial charge < -0.3 is 24.2 Å². The van der Waals surface area contributed by atoms with Crippen LogP contribution in [0.2, 0.25) is 0 Å². The van der Waals surface area contributed by atoms with Crippen molar-refractivity contribution in [2.75, 3.05) is 13.6 Å². The Balaban J connectivity index is 1.35. The normalized spacial score (nSPS) is 29.1. The minimum atomic E-state index is -1.17. The van der Waals surface area contributed by atoms with Crippen LogP contribution in [0.25, 0.3) is 21.5 Å². The van der Waals surface area contributed by atoms with Crippen molar-refractivity contribution in [3.8, 4) is 0 Å². The Hall–Kier alpha value is -5.58. The van der Waals surface area contributed by atoms with E-state index in [1.54, 1.807) is 5.06 Å². The summed E-state index contributed by atoms with van der Waals surface area (Å²) >= 11 is 0. The Bertz CT molecular complexity index is 2150. The van der Waals surface area contributed by atoms with E-state index in [0.717, 1.165) is 43.8 Å². The largest absolute Gasteiger partial charge is 0.428 e. The average molecular weight is 712 g/mol. The Kier molecular flexibility index (Phi) is 7.69. The van der Waals surface area contributed by atoms with Gasteiger partial charge in [-0.1, -0.05) is 109 Å². The van der Waals surface area contributed by atoms with Gasteiger partial charge in [0, 0.05) is 13.8 Å². The van der Waals surface area contributed by atoms with Crippen LogP contribution in [0.3, 0.4) is 0 Å². The second-order valence-corrected chi connectivity index (χ2v) is 14.5. The predicted molar refractivity (Wildman–Crippen MR) is 191 cm³/mol. The SMILES string of the molecule is CC(=O)OCOC(=O)[C@@H]1C2CC(C3C2C2(c4ccccc4)c4c(c5ccccc5c5ccccc45)C3(c3ccccc3)N2O)[C@H]1C(=O)OCOC(C)=O. The number of rotatable bonds is 8. The van der Waals surface area contributed by atoms with Gasteiger partial charge >= 0.3 is 23.9 Å². The third kappa shape index (κ3) is 4.39. The summed E-state index contributed by atoms with van der Waals surface area (Å²) in [4.78, 5) is 51.7. The molecule has 268 valence electrons. The number of carbonyl (C=O) groups excluding carboxylic acids is 4. The zero-order chi connectivity index (χ0) is 36.6. The van der Waals surface area contributed by atoms with E-state index >= 15 is 0 Å². The molecule has 2 aliphatic carbocycles. The lowest BCUT2D eigenvalue weighted by atomic mass is 9.52. The monoisotopic (exact) mass is 711 g/mol. The zero-order valence-electron chi connectivity index (χ0n) is 29.1. The van der Waals surface area contributed by atoms with E-state index in [9.17, 15) is 24.4 Å². The van der Waals surface area contributed by atoms with Crippen LogP contribution in [-0.4, -0.2) is 47.7 Å². The molecule has 3 fully saturated rings. The third-order valence-corrected chi connectivity index (χ3v) is 12.4. The number of hydroxylamine groups is 2. The molecular weight excluding hydrogens is 674 g/mol. The third-order valence-electron chi connectivity index (χ3n) is 12.4. The fraction of sp³-hybridized carbons (Fsp3) is 0.302. The fourth-order valence-corrected chi connectivity index (χ4v) is 11.1. The quantitative estimate of drug-likeness (QED) is 0.109. The van der Waals surface area contributed by atoms with E-state index in [0.29, 0.717) is 6.42 Å². The molecule has 8 atom stereocenters. The highest BCUT2D eigenvalue weighted by atomic mass is 16.7. The Morgan fingerprint density at radius 3 is 1.30 bits per heavy atom. The van der Waals surface area contributed by atoms with Crippen LogP contribution >= 0.6 is 0 Å². The molecule has 0 amide bonds. The van der Waals surface area contributed by atoms with Gasteiger partial charge in [-0.15, -0.1) is 0 Å². The molecule has 10 heteroatoms. The molecule has 0 spiro atoms. The highest BCUT2D eigenvalue weighted by Gasteiger charge is 2.83. The van der Waals surface area contributed by atoms with Gasteiger partial charge in [0.15, 0.2) is 0 Å². The molecule has 10 nitrogen and oxygen atoms in total. The van der Waals surface area contributed by atoms with Gasteiger partial charge in [-0.2, -0.15) is 5.06 Å². The molecule has 0 radical (unpaired) electrons. The number of hydrogen-bond acceptors (Lipinski definition) is 10. The highest BCUT2D eigenvalue weighted by Crippen LogP contribution is 2.80. The lowest BCUT2D eigenvalue weighted by Crippen LogP contribution is -2.52. The summed E-state index contributed by atoms with van der Waals surface area (Å²) in [6.45, 7) is 1.23. The molecule has 4 aliphatic rings. The standard InChI is InChI=1S/C43H37NO9/c1-24(45)50-22-52-40(47)34-32-21-33(35(34)41(48)53-23-51-25(2)46)39-38(32)42(26-13-5-3-6-14-26)36-30-19-11-9-17-28(30)29-18-10-12-20-31(29)37(36)43(39,44(42)49)27-15-7-4-8-16-27/h3-20,32-35,38-39,49H,21-23H2,1-2H3/t32?,33?,34-,35-,38?,39?,42?,43?/m1/s1. The summed E-state index contributed by atoms with van der Waals surface area (Å²) in [5.74, 6) is -6.34. The molecule has 6 unspecified atom stereocenters. The van der Waals surface area contributed by atoms with Crippen molar-refractivity contribution in [2.24, 2.45) is 35.5 Å². The van der Waals surface area contributed by atoms with Gasteiger partial charge in [0.1, 0.15) is 11.1 Å². The van der Waals surface area contributed by atoms with Crippen LogP contribution in [-0.2, 0) is 49.2 Å². The van der Waals surface area contributed by atoms with Crippen LogP contribution in [0.4, 0.5) is 0 Å². The molecule has 2 saturated carbocycles. The van der Waals surface area contributed by atoms with Gasteiger partial charge in [0.25, 0.3) is 0 Å². The molecule has 0 aromatic heterocycles. The summed E-state index contributed by atoms with van der Waals surface area (Å²) in [6, 6.07) is 36.4. The average Bonchev–Trinajstić information content (AvgIpc) is 3.88. The minimum Gasteiger partial charge on any atom is -0.428 e. The molecule has 1 N–H and O–H groups in total. The van der Waals surface area contributed by atoms with Gasteiger partial charge in [-0.05, 0) is 73.9 Å². The molecule has 5 aromatic rings. The smallest absolute Gasteiger partial charge is 0.312 e. The number of nitrogens with zero attached hydrogens (tertiary/aromatic N) is 1. The summed E-state index contributed by atoms with van der Waals surface area (Å²) in [5.41, 5.74) is 1.34.